The van der Waals surface area contributed by atoms with E-state index in [1.54, 1.807) is 25.3 Å². The molecule has 1 aromatic heterocycles. The average molecular weight is 373 g/mol. The highest BCUT2D eigenvalue weighted by molar-refractivity contribution is 6.34. The number of rotatable bonds is 5. The van der Waals surface area contributed by atoms with E-state index in [-0.39, 0.29) is 22.1 Å². The summed E-state index contributed by atoms with van der Waals surface area (Å²) in [7, 11) is 1.57. The Bertz CT molecular complexity index is 969. The third kappa shape index (κ3) is 3.65. The van der Waals surface area contributed by atoms with E-state index in [1.807, 2.05) is 12.1 Å². The number of carbonyl (C=O) groups excluding carboxylic acids is 1. The van der Waals surface area contributed by atoms with E-state index >= 15 is 0 Å². The fourth-order valence-electron chi connectivity index (χ4n) is 2.26. The monoisotopic (exact) mass is 372 g/mol. The van der Waals surface area contributed by atoms with Gasteiger partial charge < -0.3 is 10.1 Å². The van der Waals surface area contributed by atoms with E-state index in [0.717, 1.165) is 5.56 Å². The van der Waals surface area contributed by atoms with Crippen LogP contribution in [0, 0.1) is 10.1 Å². The predicted molar refractivity (Wildman–Crippen MR) is 96.6 cm³/mol. The summed E-state index contributed by atoms with van der Waals surface area (Å²) in [5.74, 6) is 0.197. The molecule has 2 aromatic carbocycles. The number of methoxy groups -OCH3 is 1. The first-order valence-electron chi connectivity index (χ1n) is 7.43. The highest BCUT2D eigenvalue weighted by atomic mass is 35.5. The van der Waals surface area contributed by atoms with Crippen LogP contribution in [0.15, 0.2) is 48.5 Å². The van der Waals surface area contributed by atoms with Gasteiger partial charge in [0.25, 0.3) is 11.6 Å². The van der Waals surface area contributed by atoms with E-state index in [1.165, 1.54) is 18.2 Å². The van der Waals surface area contributed by atoms with Gasteiger partial charge in [-0.05, 0) is 36.4 Å². The Hall–Kier alpha value is -3.39. The van der Waals surface area contributed by atoms with Crippen LogP contribution in [-0.4, -0.2) is 28.1 Å². The molecule has 26 heavy (non-hydrogen) atoms. The lowest BCUT2D eigenvalue weighted by atomic mass is 10.1. The second-order valence-electron chi connectivity index (χ2n) is 5.27. The molecule has 0 aliphatic carbocycles. The predicted octanol–water partition coefficient (Wildman–Crippen LogP) is 3.90. The van der Waals surface area contributed by atoms with Crippen LogP contribution in [0.3, 0.4) is 0 Å². The largest absolute Gasteiger partial charge is 0.497 e. The number of H-pyrrole nitrogens is 1. The molecule has 1 heterocycles. The van der Waals surface area contributed by atoms with E-state index in [0.29, 0.717) is 11.4 Å². The summed E-state index contributed by atoms with van der Waals surface area (Å²) >= 11 is 5.99. The Morgan fingerprint density at radius 2 is 1.96 bits per heavy atom. The molecule has 0 aliphatic rings. The first-order chi connectivity index (χ1) is 12.5. The third-order valence-electron chi connectivity index (χ3n) is 3.62. The SMILES string of the molecule is COc1ccc(-c2cc(C(=O)Nc3cc([N+](=O)[O-])ccc3Cl)[nH]n2)cc1. The van der Waals surface area contributed by atoms with Crippen LogP contribution < -0.4 is 10.1 Å². The van der Waals surface area contributed by atoms with Crippen molar-refractivity contribution in [2.75, 3.05) is 12.4 Å². The van der Waals surface area contributed by atoms with Crippen molar-refractivity contribution in [1.82, 2.24) is 10.2 Å². The van der Waals surface area contributed by atoms with Gasteiger partial charge in [-0.3, -0.25) is 20.0 Å². The number of nitro benzene ring substituents is 1. The molecule has 0 radical (unpaired) electrons. The molecule has 2 N–H and O–H groups in total. The Kier molecular flexibility index (Phi) is 4.85. The topological polar surface area (TPSA) is 110 Å². The highest BCUT2D eigenvalue weighted by Gasteiger charge is 2.15. The molecule has 3 aromatic rings. The zero-order valence-electron chi connectivity index (χ0n) is 13.5. The van der Waals surface area contributed by atoms with Crippen molar-refractivity contribution < 1.29 is 14.5 Å². The number of nitro groups is 1. The number of hydrogen-bond donors (Lipinski definition) is 2. The number of ether oxygens (including phenoxy) is 1. The number of hydrogen-bond acceptors (Lipinski definition) is 5. The molecule has 0 spiro atoms. The van der Waals surface area contributed by atoms with Crippen molar-refractivity contribution in [1.29, 1.82) is 0 Å². The normalized spacial score (nSPS) is 10.4. The maximum Gasteiger partial charge on any atom is 0.273 e. The molecule has 0 aliphatic heterocycles. The van der Waals surface area contributed by atoms with E-state index in [4.69, 9.17) is 16.3 Å². The summed E-state index contributed by atoms with van der Waals surface area (Å²) in [6.45, 7) is 0. The molecule has 132 valence electrons. The lowest BCUT2D eigenvalue weighted by molar-refractivity contribution is -0.384. The molecule has 8 nitrogen and oxygen atoms in total. The first-order valence-corrected chi connectivity index (χ1v) is 7.81. The van der Waals surface area contributed by atoms with Gasteiger partial charge in [-0.15, -0.1) is 0 Å². The zero-order valence-corrected chi connectivity index (χ0v) is 14.3. The van der Waals surface area contributed by atoms with Gasteiger partial charge in [-0.2, -0.15) is 5.10 Å². The number of aromatic nitrogens is 2. The zero-order chi connectivity index (χ0) is 18.7. The number of aromatic amines is 1. The number of benzene rings is 2. The molecule has 0 unspecified atom stereocenters. The lowest BCUT2D eigenvalue weighted by Gasteiger charge is -2.05. The quantitative estimate of drug-likeness (QED) is 0.521. The minimum absolute atomic E-state index is 0.145. The highest BCUT2D eigenvalue weighted by Crippen LogP contribution is 2.27. The number of non-ortho nitro benzene ring substituents is 1. The second kappa shape index (κ2) is 7.24. The van der Waals surface area contributed by atoms with Crippen molar-refractivity contribution in [2.24, 2.45) is 0 Å². The van der Waals surface area contributed by atoms with Crippen LogP contribution in [0.2, 0.25) is 5.02 Å². The van der Waals surface area contributed by atoms with Crippen LogP contribution in [0.25, 0.3) is 11.3 Å². The number of amides is 1. The molecule has 9 heteroatoms. The third-order valence-corrected chi connectivity index (χ3v) is 3.95. The van der Waals surface area contributed by atoms with E-state index in [2.05, 4.69) is 15.5 Å². The van der Waals surface area contributed by atoms with Gasteiger partial charge in [0.05, 0.1) is 28.4 Å². The number of nitrogens with zero attached hydrogens (tertiary/aromatic N) is 2. The molecule has 0 bridgehead atoms. The Morgan fingerprint density at radius 1 is 1.23 bits per heavy atom. The fraction of sp³-hybridized carbons (Fsp3) is 0.0588. The van der Waals surface area contributed by atoms with Gasteiger partial charge in [0.1, 0.15) is 11.4 Å². The minimum Gasteiger partial charge on any atom is -0.497 e. The van der Waals surface area contributed by atoms with Crippen molar-refractivity contribution in [3.63, 3.8) is 0 Å². The van der Waals surface area contributed by atoms with Crippen molar-refractivity contribution in [3.8, 4) is 17.0 Å². The Morgan fingerprint density at radius 3 is 2.62 bits per heavy atom. The summed E-state index contributed by atoms with van der Waals surface area (Å²) in [5.41, 5.74) is 1.54. The molecule has 0 fully saturated rings. The molecule has 0 atom stereocenters. The molecule has 0 saturated carbocycles. The number of nitrogens with one attached hydrogen (secondary N) is 2. The van der Waals surface area contributed by atoms with Crippen LogP contribution in [0.1, 0.15) is 10.5 Å². The maximum absolute atomic E-state index is 12.4. The lowest BCUT2D eigenvalue weighted by Crippen LogP contribution is -2.12. The molecular formula is C17H13ClN4O4. The summed E-state index contributed by atoms with van der Waals surface area (Å²) in [6, 6.07) is 12.6. The molecular weight excluding hydrogens is 360 g/mol. The summed E-state index contributed by atoms with van der Waals surface area (Å²) in [5, 5.41) is 20.3. The van der Waals surface area contributed by atoms with Gasteiger partial charge in [-0.25, -0.2) is 0 Å². The van der Waals surface area contributed by atoms with Crippen molar-refractivity contribution in [2.45, 2.75) is 0 Å². The smallest absolute Gasteiger partial charge is 0.273 e. The average Bonchev–Trinajstić information content (AvgIpc) is 3.13. The first kappa shape index (κ1) is 17.4. The van der Waals surface area contributed by atoms with Crippen LogP contribution in [-0.2, 0) is 0 Å². The van der Waals surface area contributed by atoms with E-state index < -0.39 is 10.8 Å². The van der Waals surface area contributed by atoms with E-state index in [9.17, 15) is 14.9 Å². The second-order valence-corrected chi connectivity index (χ2v) is 5.68. The fourth-order valence-corrected chi connectivity index (χ4v) is 2.42. The van der Waals surface area contributed by atoms with Crippen LogP contribution in [0.5, 0.6) is 5.75 Å². The van der Waals surface area contributed by atoms with Crippen LogP contribution >= 0.6 is 11.6 Å². The van der Waals surface area contributed by atoms with Crippen molar-refractivity contribution in [3.05, 3.63) is 69.4 Å². The van der Waals surface area contributed by atoms with Gasteiger partial charge in [0.2, 0.25) is 0 Å². The van der Waals surface area contributed by atoms with Gasteiger partial charge >= 0.3 is 0 Å². The van der Waals surface area contributed by atoms with Gasteiger partial charge in [0.15, 0.2) is 0 Å². The van der Waals surface area contributed by atoms with Crippen molar-refractivity contribution >= 4 is 28.9 Å². The summed E-state index contributed by atoms with van der Waals surface area (Å²) < 4.78 is 5.10. The Labute approximate surface area is 152 Å². The van der Waals surface area contributed by atoms with Gasteiger partial charge in [0, 0.05) is 17.7 Å². The molecule has 3 rings (SSSR count). The minimum atomic E-state index is -0.566. The Balaban J connectivity index is 1.80. The summed E-state index contributed by atoms with van der Waals surface area (Å²) in [6.07, 6.45) is 0. The standard InChI is InChI=1S/C17H13ClN4O4/c1-26-12-5-2-10(3-6-12)14-9-16(21-20-14)17(23)19-15-8-11(22(24)25)4-7-13(15)18/h2-9H,1H3,(H,19,23)(H,20,21). The van der Waals surface area contributed by atoms with Crippen LogP contribution in [0.4, 0.5) is 11.4 Å². The number of halogens is 1. The maximum atomic E-state index is 12.4. The molecule has 0 saturated heterocycles. The number of carbonyl (C=O) groups is 1. The number of anilines is 1. The molecule has 1 amide bonds. The summed E-state index contributed by atoms with van der Waals surface area (Å²) in [4.78, 5) is 22.6. The van der Waals surface area contributed by atoms with Gasteiger partial charge in [-0.1, -0.05) is 11.6 Å².